The van der Waals surface area contributed by atoms with Crippen molar-refractivity contribution < 1.29 is 13.9 Å². The fraction of sp³-hybridized carbons (Fsp3) is 0.400. The van der Waals surface area contributed by atoms with Crippen LogP contribution in [-0.2, 0) is 11.3 Å². The Morgan fingerprint density at radius 3 is 2.41 bits per heavy atom. The number of carbonyl (C=O) groups is 1. The van der Waals surface area contributed by atoms with Crippen molar-refractivity contribution in [3.63, 3.8) is 0 Å². The van der Waals surface area contributed by atoms with E-state index >= 15 is 0 Å². The molecule has 204 valence electrons. The molecule has 2 aromatic carbocycles. The van der Waals surface area contributed by atoms with Gasteiger partial charge in [0.25, 0.3) is 5.91 Å². The van der Waals surface area contributed by atoms with Crippen molar-refractivity contribution in [1.29, 1.82) is 0 Å². The zero-order chi connectivity index (χ0) is 27.1. The van der Waals surface area contributed by atoms with Crippen LogP contribution >= 0.6 is 0 Å². The van der Waals surface area contributed by atoms with Crippen LogP contribution in [0.3, 0.4) is 0 Å². The maximum absolute atomic E-state index is 14.1. The number of piperidine rings is 1. The predicted octanol–water partition coefficient (Wildman–Crippen LogP) is 4.25. The van der Waals surface area contributed by atoms with Crippen LogP contribution in [-0.4, -0.2) is 64.3 Å². The highest BCUT2D eigenvalue weighted by molar-refractivity contribution is 5.97. The van der Waals surface area contributed by atoms with E-state index in [1.54, 1.807) is 12.1 Å². The molecule has 0 saturated carbocycles. The maximum atomic E-state index is 14.1. The largest absolute Gasteiger partial charge is 0.378 e. The number of rotatable bonds is 5. The Hall–Kier alpha value is -3.85. The number of anilines is 1. The summed E-state index contributed by atoms with van der Waals surface area (Å²) >= 11 is 0. The zero-order valence-electron chi connectivity index (χ0n) is 22.5. The van der Waals surface area contributed by atoms with Crippen molar-refractivity contribution >= 4 is 22.6 Å². The van der Waals surface area contributed by atoms with Gasteiger partial charge in [-0.3, -0.25) is 9.36 Å². The molecule has 2 aliphatic rings. The molecule has 2 saturated heterocycles. The van der Waals surface area contributed by atoms with Gasteiger partial charge in [0.05, 0.1) is 29.9 Å². The van der Waals surface area contributed by atoms with Gasteiger partial charge in [-0.25, -0.2) is 9.18 Å². The number of halogens is 1. The average molecular weight is 532 g/mol. The Morgan fingerprint density at radius 2 is 1.69 bits per heavy atom. The number of imidazole rings is 1. The van der Waals surface area contributed by atoms with E-state index in [9.17, 15) is 14.0 Å². The van der Waals surface area contributed by atoms with Gasteiger partial charge < -0.3 is 24.1 Å². The van der Waals surface area contributed by atoms with E-state index in [4.69, 9.17) is 4.74 Å². The van der Waals surface area contributed by atoms with Crippen LogP contribution in [0.15, 0.2) is 53.3 Å². The molecule has 0 spiro atoms. The third-order valence-corrected chi connectivity index (χ3v) is 8.25. The van der Waals surface area contributed by atoms with Crippen LogP contribution in [0.25, 0.3) is 11.0 Å². The summed E-state index contributed by atoms with van der Waals surface area (Å²) in [6.07, 6.45) is 1.42. The quantitative estimate of drug-likeness (QED) is 0.418. The summed E-state index contributed by atoms with van der Waals surface area (Å²) in [5, 5.41) is 0. The summed E-state index contributed by atoms with van der Waals surface area (Å²) in [5.41, 5.74) is 6.34. The number of likely N-dealkylation sites (tertiary alicyclic amines) is 1. The maximum Gasteiger partial charge on any atom is 0.326 e. The number of aromatic nitrogens is 3. The number of hydrogen-bond acceptors (Lipinski definition) is 4. The number of amides is 1. The minimum atomic E-state index is -0.276. The standard InChI is InChI=1S/C30H34FN5O3/c1-20-27(33-15-17-39-18-16-33)21(2)35(19-22-7-9-23(31)10-8-22)28(20)29(37)34-13-11-24(12-14-34)36-26-6-4-3-5-25(26)32-30(36)38/h3-10,24H,11-19H2,1-2H3,(H,32,38). The number of fused-ring (bicyclic) bond motifs is 1. The highest BCUT2D eigenvalue weighted by atomic mass is 19.1. The van der Waals surface area contributed by atoms with Gasteiger partial charge >= 0.3 is 5.69 Å². The van der Waals surface area contributed by atoms with E-state index in [0.29, 0.717) is 51.4 Å². The lowest BCUT2D eigenvalue weighted by molar-refractivity contribution is 0.0683. The van der Waals surface area contributed by atoms with Gasteiger partial charge in [-0.05, 0) is 56.5 Å². The van der Waals surface area contributed by atoms with Gasteiger partial charge in [-0.2, -0.15) is 0 Å². The summed E-state index contributed by atoms with van der Waals surface area (Å²) in [4.78, 5) is 34.0. The van der Waals surface area contributed by atoms with Crippen LogP contribution in [0.1, 0.15) is 46.2 Å². The van der Waals surface area contributed by atoms with E-state index in [0.717, 1.165) is 46.6 Å². The molecule has 6 rings (SSSR count). The third-order valence-electron chi connectivity index (χ3n) is 8.25. The van der Waals surface area contributed by atoms with Crippen molar-refractivity contribution in [2.24, 2.45) is 0 Å². The van der Waals surface area contributed by atoms with E-state index in [2.05, 4.69) is 21.4 Å². The van der Waals surface area contributed by atoms with Gasteiger partial charge in [0, 0.05) is 50.0 Å². The van der Waals surface area contributed by atoms with Crippen molar-refractivity contribution in [2.45, 2.75) is 39.3 Å². The fourth-order valence-corrected chi connectivity index (χ4v) is 6.29. The molecule has 39 heavy (non-hydrogen) atoms. The first-order valence-electron chi connectivity index (χ1n) is 13.7. The molecule has 8 nitrogen and oxygen atoms in total. The van der Waals surface area contributed by atoms with Crippen LogP contribution in [0.2, 0.25) is 0 Å². The molecule has 1 amide bonds. The van der Waals surface area contributed by atoms with E-state index in [1.807, 2.05) is 40.7 Å². The highest BCUT2D eigenvalue weighted by Crippen LogP contribution is 2.34. The Balaban J connectivity index is 1.29. The number of nitrogens with one attached hydrogen (secondary N) is 1. The second kappa shape index (κ2) is 10.4. The molecule has 0 radical (unpaired) electrons. The first kappa shape index (κ1) is 25.4. The van der Waals surface area contributed by atoms with Crippen molar-refractivity contribution in [2.75, 3.05) is 44.3 Å². The lowest BCUT2D eigenvalue weighted by Crippen LogP contribution is -2.41. The molecule has 2 aliphatic heterocycles. The van der Waals surface area contributed by atoms with Crippen molar-refractivity contribution in [3.05, 3.63) is 87.3 Å². The SMILES string of the molecule is Cc1c(N2CCOCC2)c(C)n(Cc2ccc(F)cc2)c1C(=O)N1CCC(n2c(=O)[nH]c3ccccc32)CC1. The van der Waals surface area contributed by atoms with Gasteiger partial charge in [0.15, 0.2) is 0 Å². The second-order valence-electron chi connectivity index (χ2n) is 10.6. The Morgan fingerprint density at radius 1 is 1.00 bits per heavy atom. The number of morpholine rings is 1. The van der Waals surface area contributed by atoms with Crippen molar-refractivity contribution in [3.8, 4) is 0 Å². The molecule has 0 bridgehead atoms. The molecule has 0 unspecified atom stereocenters. The lowest BCUT2D eigenvalue weighted by atomic mass is 10.0. The molecule has 2 aromatic heterocycles. The number of ether oxygens (including phenoxy) is 1. The van der Waals surface area contributed by atoms with Gasteiger partial charge in [-0.15, -0.1) is 0 Å². The second-order valence-corrected chi connectivity index (χ2v) is 10.6. The van der Waals surface area contributed by atoms with Crippen LogP contribution in [0.5, 0.6) is 0 Å². The topological polar surface area (TPSA) is 75.5 Å². The van der Waals surface area contributed by atoms with Crippen molar-refractivity contribution in [1.82, 2.24) is 19.0 Å². The number of H-pyrrole nitrogens is 1. The molecule has 2 fully saturated rings. The molecular formula is C30H34FN5O3. The average Bonchev–Trinajstić information content (AvgIpc) is 3.42. The monoisotopic (exact) mass is 531 g/mol. The van der Waals surface area contributed by atoms with E-state index in [1.165, 1.54) is 12.1 Å². The minimum Gasteiger partial charge on any atom is -0.378 e. The number of nitrogens with zero attached hydrogens (tertiary/aromatic N) is 4. The number of hydrogen-bond donors (Lipinski definition) is 1. The molecule has 1 N–H and O–H groups in total. The zero-order valence-corrected chi connectivity index (χ0v) is 22.5. The fourth-order valence-electron chi connectivity index (χ4n) is 6.29. The highest BCUT2D eigenvalue weighted by Gasteiger charge is 2.32. The smallest absolute Gasteiger partial charge is 0.326 e. The number of aromatic amines is 1. The molecule has 0 atom stereocenters. The first-order valence-corrected chi connectivity index (χ1v) is 13.7. The summed E-state index contributed by atoms with van der Waals surface area (Å²) in [7, 11) is 0. The molecular weight excluding hydrogens is 497 g/mol. The van der Waals surface area contributed by atoms with Gasteiger partial charge in [-0.1, -0.05) is 24.3 Å². The number of carbonyl (C=O) groups excluding carboxylic acids is 1. The molecule has 4 aromatic rings. The van der Waals surface area contributed by atoms with Crippen LogP contribution < -0.4 is 10.6 Å². The van der Waals surface area contributed by atoms with Gasteiger partial charge in [0.1, 0.15) is 11.5 Å². The summed E-state index contributed by atoms with van der Waals surface area (Å²) < 4.78 is 23.1. The lowest BCUT2D eigenvalue weighted by Gasteiger charge is -2.33. The molecule has 9 heteroatoms. The third kappa shape index (κ3) is 4.65. The first-order chi connectivity index (χ1) is 18.9. The molecule has 0 aliphatic carbocycles. The summed E-state index contributed by atoms with van der Waals surface area (Å²) in [6, 6.07) is 14.2. The normalized spacial score (nSPS) is 16.8. The Kier molecular flexibility index (Phi) is 6.76. The minimum absolute atomic E-state index is 0.00180. The number of benzene rings is 2. The van der Waals surface area contributed by atoms with Gasteiger partial charge in [0.2, 0.25) is 0 Å². The van der Waals surface area contributed by atoms with E-state index < -0.39 is 0 Å². The predicted molar refractivity (Wildman–Crippen MR) is 149 cm³/mol. The van der Waals surface area contributed by atoms with Crippen LogP contribution in [0.4, 0.5) is 10.1 Å². The van der Waals surface area contributed by atoms with E-state index in [-0.39, 0.29) is 23.5 Å². The summed E-state index contributed by atoms with van der Waals surface area (Å²) in [6.45, 7) is 8.60. The molecule has 4 heterocycles. The summed E-state index contributed by atoms with van der Waals surface area (Å²) in [5.74, 6) is -0.274. The Bertz CT molecular complexity index is 1550. The van der Waals surface area contributed by atoms with Crippen LogP contribution in [0, 0.1) is 19.7 Å². The number of para-hydroxylation sites is 2. The Labute approximate surface area is 226 Å².